The maximum atomic E-state index is 12.9. The number of aromatic nitrogens is 3. The van der Waals surface area contributed by atoms with Crippen molar-refractivity contribution in [1.29, 1.82) is 0 Å². The molecule has 1 aliphatic heterocycles. The summed E-state index contributed by atoms with van der Waals surface area (Å²) in [4.78, 5) is 42.9. The summed E-state index contributed by atoms with van der Waals surface area (Å²) in [6.07, 6.45) is 3.78. The van der Waals surface area contributed by atoms with Crippen LogP contribution in [0.25, 0.3) is 10.9 Å². The summed E-state index contributed by atoms with van der Waals surface area (Å²) in [5.41, 5.74) is 2.98. The predicted molar refractivity (Wildman–Crippen MR) is 124 cm³/mol. The average Bonchev–Trinajstić information content (AvgIpc) is 2.95. The standard InChI is InChI=1S/C25H29N3O5/c1-16-13-20(17(2)27(16)11-12-32-3)22(29)15-33-25(31)18-8-9-19-21(14-18)26-23-7-5-4-6-10-28(23)24(19)30/h8-9,13-14H,4-7,10-12,15H2,1-3H3. The number of rotatable bonds is 7. The highest BCUT2D eigenvalue weighted by Gasteiger charge is 2.19. The molecule has 3 aromatic rings. The zero-order valence-electron chi connectivity index (χ0n) is 19.3. The zero-order chi connectivity index (χ0) is 23.5. The number of nitrogens with zero attached hydrogens (tertiary/aromatic N) is 3. The van der Waals surface area contributed by atoms with E-state index < -0.39 is 5.97 Å². The first-order chi connectivity index (χ1) is 15.9. The molecule has 0 radical (unpaired) electrons. The summed E-state index contributed by atoms with van der Waals surface area (Å²) in [5, 5.41) is 0.483. The minimum absolute atomic E-state index is 0.0733. The van der Waals surface area contributed by atoms with E-state index in [-0.39, 0.29) is 23.5 Å². The van der Waals surface area contributed by atoms with Gasteiger partial charge in [0.2, 0.25) is 5.78 Å². The van der Waals surface area contributed by atoms with Gasteiger partial charge in [-0.3, -0.25) is 14.2 Å². The van der Waals surface area contributed by atoms with E-state index in [1.54, 1.807) is 35.9 Å². The SMILES string of the molecule is COCCn1c(C)cc(C(=O)COC(=O)c2ccc3c(=O)n4c(nc3c2)CCCCC4)c1C. The van der Waals surface area contributed by atoms with Crippen LogP contribution in [0.1, 0.15) is 57.2 Å². The molecule has 33 heavy (non-hydrogen) atoms. The van der Waals surface area contributed by atoms with Crippen LogP contribution in [0.15, 0.2) is 29.1 Å². The van der Waals surface area contributed by atoms with Gasteiger partial charge in [0.25, 0.3) is 5.56 Å². The molecule has 0 aliphatic carbocycles. The molecule has 1 aliphatic rings. The van der Waals surface area contributed by atoms with Gasteiger partial charge in [-0.15, -0.1) is 0 Å². The first kappa shape index (κ1) is 22.9. The molecular formula is C25H29N3O5. The average molecular weight is 452 g/mol. The normalized spacial score (nSPS) is 13.5. The molecular weight excluding hydrogens is 422 g/mol. The van der Waals surface area contributed by atoms with E-state index in [1.807, 2.05) is 18.4 Å². The number of carbonyl (C=O) groups excluding carboxylic acids is 2. The Labute approximate surface area is 192 Å². The van der Waals surface area contributed by atoms with Crippen LogP contribution in [0, 0.1) is 13.8 Å². The Morgan fingerprint density at radius 3 is 2.73 bits per heavy atom. The highest BCUT2D eigenvalue weighted by atomic mass is 16.5. The second kappa shape index (κ2) is 9.70. The summed E-state index contributed by atoms with van der Waals surface area (Å²) in [6.45, 7) is 5.31. The zero-order valence-corrected chi connectivity index (χ0v) is 19.3. The molecule has 2 aromatic heterocycles. The van der Waals surface area contributed by atoms with Crippen molar-refractivity contribution in [3.8, 4) is 0 Å². The Morgan fingerprint density at radius 2 is 1.94 bits per heavy atom. The fourth-order valence-corrected chi connectivity index (χ4v) is 4.45. The first-order valence-corrected chi connectivity index (χ1v) is 11.3. The molecule has 1 aromatic carbocycles. The van der Waals surface area contributed by atoms with Crippen LogP contribution >= 0.6 is 0 Å². The lowest BCUT2D eigenvalue weighted by atomic mass is 10.1. The Hall–Kier alpha value is -3.26. The number of ether oxygens (including phenoxy) is 2. The summed E-state index contributed by atoms with van der Waals surface area (Å²) in [6, 6.07) is 6.55. The number of hydrogen-bond acceptors (Lipinski definition) is 6. The molecule has 0 spiro atoms. The van der Waals surface area contributed by atoms with Crippen molar-refractivity contribution in [3.63, 3.8) is 0 Å². The Kier molecular flexibility index (Phi) is 6.74. The highest BCUT2D eigenvalue weighted by molar-refractivity contribution is 6.01. The maximum absolute atomic E-state index is 12.9. The van der Waals surface area contributed by atoms with Gasteiger partial charge < -0.3 is 14.0 Å². The Balaban J connectivity index is 1.50. The van der Waals surface area contributed by atoms with Crippen LogP contribution in [-0.4, -0.2) is 46.2 Å². The minimum atomic E-state index is -0.615. The van der Waals surface area contributed by atoms with Crippen LogP contribution in [0.3, 0.4) is 0 Å². The minimum Gasteiger partial charge on any atom is -0.454 e. The van der Waals surface area contributed by atoms with Crippen LogP contribution in [-0.2, 0) is 29.0 Å². The van der Waals surface area contributed by atoms with E-state index in [0.29, 0.717) is 36.2 Å². The van der Waals surface area contributed by atoms with Gasteiger partial charge in [-0.25, -0.2) is 9.78 Å². The molecule has 8 heteroatoms. The number of carbonyl (C=O) groups is 2. The maximum Gasteiger partial charge on any atom is 0.338 e. The lowest BCUT2D eigenvalue weighted by Crippen LogP contribution is -2.24. The van der Waals surface area contributed by atoms with Gasteiger partial charge in [0.15, 0.2) is 6.61 Å². The van der Waals surface area contributed by atoms with E-state index >= 15 is 0 Å². The van der Waals surface area contributed by atoms with Crippen molar-refractivity contribution in [2.45, 2.75) is 52.6 Å². The molecule has 4 rings (SSSR count). The summed E-state index contributed by atoms with van der Waals surface area (Å²) >= 11 is 0. The lowest BCUT2D eigenvalue weighted by Gasteiger charge is -2.11. The molecule has 0 N–H and O–H groups in total. The van der Waals surface area contributed by atoms with E-state index in [1.165, 1.54) is 0 Å². The molecule has 0 bridgehead atoms. The van der Waals surface area contributed by atoms with Crippen molar-refractivity contribution < 1.29 is 19.1 Å². The predicted octanol–water partition coefficient (Wildman–Crippen LogP) is 3.23. The van der Waals surface area contributed by atoms with Crippen LogP contribution in [0.4, 0.5) is 0 Å². The number of hydrogen-bond donors (Lipinski definition) is 0. The number of ketones is 1. The summed E-state index contributed by atoms with van der Waals surface area (Å²) < 4.78 is 14.2. The molecule has 0 saturated heterocycles. The number of esters is 1. The first-order valence-electron chi connectivity index (χ1n) is 11.3. The second-order valence-electron chi connectivity index (χ2n) is 8.46. The molecule has 0 saturated carbocycles. The lowest BCUT2D eigenvalue weighted by molar-refractivity contribution is 0.0474. The van der Waals surface area contributed by atoms with Gasteiger partial charge in [0, 0.05) is 43.6 Å². The molecule has 0 unspecified atom stereocenters. The number of methoxy groups -OCH3 is 1. The molecule has 8 nitrogen and oxygen atoms in total. The third kappa shape index (κ3) is 4.61. The van der Waals surface area contributed by atoms with Gasteiger partial charge in [0.05, 0.1) is 23.1 Å². The fraction of sp³-hybridized carbons (Fsp3) is 0.440. The highest BCUT2D eigenvalue weighted by Crippen LogP contribution is 2.18. The molecule has 174 valence electrons. The van der Waals surface area contributed by atoms with E-state index in [4.69, 9.17) is 9.47 Å². The monoisotopic (exact) mass is 451 g/mol. The topological polar surface area (TPSA) is 92.4 Å². The van der Waals surface area contributed by atoms with Crippen molar-refractivity contribution in [2.75, 3.05) is 20.3 Å². The van der Waals surface area contributed by atoms with Crippen molar-refractivity contribution in [2.24, 2.45) is 0 Å². The summed E-state index contributed by atoms with van der Waals surface area (Å²) in [5.74, 6) is -0.118. The van der Waals surface area contributed by atoms with Crippen LogP contribution in [0.5, 0.6) is 0 Å². The quantitative estimate of drug-likeness (QED) is 0.405. The third-order valence-corrected chi connectivity index (χ3v) is 6.28. The third-order valence-electron chi connectivity index (χ3n) is 6.28. The molecule has 0 atom stereocenters. The van der Waals surface area contributed by atoms with Gasteiger partial charge in [0.1, 0.15) is 5.82 Å². The van der Waals surface area contributed by atoms with Crippen LogP contribution in [0.2, 0.25) is 0 Å². The summed E-state index contributed by atoms with van der Waals surface area (Å²) in [7, 11) is 1.63. The molecule has 0 fully saturated rings. The smallest absolute Gasteiger partial charge is 0.338 e. The van der Waals surface area contributed by atoms with Crippen molar-refractivity contribution in [1.82, 2.24) is 14.1 Å². The number of fused-ring (bicyclic) bond motifs is 2. The van der Waals surface area contributed by atoms with Crippen LogP contribution < -0.4 is 5.56 Å². The van der Waals surface area contributed by atoms with E-state index in [9.17, 15) is 14.4 Å². The second-order valence-corrected chi connectivity index (χ2v) is 8.46. The van der Waals surface area contributed by atoms with E-state index in [2.05, 4.69) is 4.98 Å². The Bertz CT molecular complexity index is 1270. The number of Topliss-reactive ketones (excluding diaryl/α,β-unsaturated/α-hetero) is 1. The van der Waals surface area contributed by atoms with Gasteiger partial charge in [-0.2, -0.15) is 0 Å². The number of benzene rings is 1. The fourth-order valence-electron chi connectivity index (χ4n) is 4.45. The largest absolute Gasteiger partial charge is 0.454 e. The van der Waals surface area contributed by atoms with Crippen molar-refractivity contribution >= 4 is 22.7 Å². The van der Waals surface area contributed by atoms with Gasteiger partial charge in [-0.05, 0) is 51.0 Å². The van der Waals surface area contributed by atoms with Gasteiger partial charge >= 0.3 is 5.97 Å². The number of aryl methyl sites for hydroxylation is 2. The Morgan fingerprint density at radius 1 is 1.12 bits per heavy atom. The van der Waals surface area contributed by atoms with Crippen molar-refractivity contribution in [3.05, 3.63) is 63.0 Å². The van der Waals surface area contributed by atoms with E-state index in [0.717, 1.165) is 42.9 Å². The van der Waals surface area contributed by atoms with Gasteiger partial charge in [-0.1, -0.05) is 6.42 Å². The molecule has 3 heterocycles. The molecule has 0 amide bonds.